The molecule has 2 aromatic carbocycles. The standard InChI is InChI=1S/C33H34N6O4/c1-42-33(41)30-29(37-32(40)25-14-16-43-22-25)28-17-26(34-18-24-19-36-39(21-24)27-12-6-3-7-13-27)20-35-31(28)38(30)15-8-11-23-9-4-2-5-10-23/h2-7,9-10,12-13,17,19-21,25,34H,8,11,14-16,18,22H2,1H3,(H,37,40). The molecule has 1 fully saturated rings. The minimum Gasteiger partial charge on any atom is -0.464 e. The van der Waals surface area contributed by atoms with Crippen molar-refractivity contribution in [3.05, 3.63) is 102 Å². The number of aromatic nitrogens is 4. The molecule has 6 rings (SSSR count). The summed E-state index contributed by atoms with van der Waals surface area (Å²) in [5, 5.41) is 11.6. The van der Waals surface area contributed by atoms with E-state index in [9.17, 15) is 9.59 Å². The second-order valence-corrected chi connectivity index (χ2v) is 10.6. The van der Waals surface area contributed by atoms with E-state index in [2.05, 4.69) is 27.9 Å². The zero-order chi connectivity index (χ0) is 29.6. The number of hydrogen-bond acceptors (Lipinski definition) is 7. The van der Waals surface area contributed by atoms with Gasteiger partial charge in [0.15, 0.2) is 5.69 Å². The molecule has 220 valence electrons. The number of para-hydroxylation sites is 1. The monoisotopic (exact) mass is 578 g/mol. The zero-order valence-corrected chi connectivity index (χ0v) is 24.0. The highest BCUT2D eigenvalue weighted by molar-refractivity contribution is 6.11. The molecular weight excluding hydrogens is 544 g/mol. The number of aryl methyl sites for hydroxylation is 2. The number of fused-ring (bicyclic) bond motifs is 1. The highest BCUT2D eigenvalue weighted by atomic mass is 16.5. The number of nitrogens with zero attached hydrogens (tertiary/aromatic N) is 4. The van der Waals surface area contributed by atoms with Crippen LogP contribution < -0.4 is 10.6 Å². The SMILES string of the molecule is COC(=O)c1c(NC(=O)C2CCOC2)c2cc(NCc3cnn(-c4ccccc4)c3)cnc2n1CCCc1ccccc1. The van der Waals surface area contributed by atoms with Gasteiger partial charge >= 0.3 is 5.97 Å². The van der Waals surface area contributed by atoms with Gasteiger partial charge in [0.05, 0.1) is 49.1 Å². The highest BCUT2D eigenvalue weighted by Gasteiger charge is 2.29. The first-order valence-corrected chi connectivity index (χ1v) is 14.5. The molecule has 1 atom stereocenters. The van der Waals surface area contributed by atoms with Gasteiger partial charge in [0.2, 0.25) is 5.91 Å². The number of carbonyl (C=O) groups excluding carboxylic acids is 2. The lowest BCUT2D eigenvalue weighted by molar-refractivity contribution is -0.119. The molecule has 4 heterocycles. The summed E-state index contributed by atoms with van der Waals surface area (Å²) < 4.78 is 14.3. The number of ether oxygens (including phenoxy) is 2. The Kier molecular flexibility index (Phi) is 8.46. The van der Waals surface area contributed by atoms with Crippen LogP contribution in [0, 0.1) is 5.92 Å². The normalized spacial score (nSPS) is 14.6. The number of rotatable bonds is 11. The van der Waals surface area contributed by atoms with Crippen molar-refractivity contribution >= 4 is 34.3 Å². The third kappa shape index (κ3) is 6.29. The average molecular weight is 579 g/mol. The number of pyridine rings is 1. The van der Waals surface area contributed by atoms with Crippen molar-refractivity contribution in [2.24, 2.45) is 5.92 Å². The quantitative estimate of drug-likeness (QED) is 0.207. The van der Waals surface area contributed by atoms with Crippen molar-refractivity contribution in [3.63, 3.8) is 0 Å². The molecule has 0 saturated carbocycles. The predicted molar refractivity (Wildman–Crippen MR) is 164 cm³/mol. The second kappa shape index (κ2) is 12.9. The largest absolute Gasteiger partial charge is 0.464 e. The Morgan fingerprint density at radius 2 is 1.84 bits per heavy atom. The van der Waals surface area contributed by atoms with Crippen LogP contribution in [-0.2, 0) is 33.8 Å². The van der Waals surface area contributed by atoms with E-state index in [0.717, 1.165) is 29.8 Å². The van der Waals surface area contributed by atoms with E-state index < -0.39 is 5.97 Å². The number of esters is 1. The molecular formula is C33H34N6O4. The number of carbonyl (C=O) groups is 2. The van der Waals surface area contributed by atoms with Gasteiger partial charge in [-0.1, -0.05) is 48.5 Å². The van der Waals surface area contributed by atoms with Gasteiger partial charge in [-0.15, -0.1) is 0 Å². The zero-order valence-electron chi connectivity index (χ0n) is 24.0. The van der Waals surface area contributed by atoms with Crippen molar-refractivity contribution in [1.82, 2.24) is 19.3 Å². The van der Waals surface area contributed by atoms with Gasteiger partial charge in [-0.3, -0.25) is 4.79 Å². The van der Waals surface area contributed by atoms with Gasteiger partial charge < -0.3 is 24.7 Å². The first-order valence-electron chi connectivity index (χ1n) is 14.5. The summed E-state index contributed by atoms with van der Waals surface area (Å²) in [7, 11) is 1.35. The fraction of sp³-hybridized carbons (Fsp3) is 0.273. The molecule has 0 aliphatic carbocycles. The summed E-state index contributed by atoms with van der Waals surface area (Å²) in [6.07, 6.45) is 7.78. The third-order valence-corrected chi connectivity index (χ3v) is 7.67. The van der Waals surface area contributed by atoms with Crippen molar-refractivity contribution < 1.29 is 19.1 Å². The Morgan fingerprint density at radius 1 is 1.05 bits per heavy atom. The van der Waals surface area contributed by atoms with Crippen LogP contribution in [0.1, 0.15) is 34.5 Å². The minimum atomic E-state index is -0.529. The van der Waals surface area contributed by atoms with E-state index in [4.69, 9.17) is 14.5 Å². The number of methoxy groups -OCH3 is 1. The maximum atomic E-state index is 13.2. The molecule has 10 nitrogen and oxygen atoms in total. The Hall–Kier alpha value is -4.96. The topological polar surface area (TPSA) is 112 Å². The summed E-state index contributed by atoms with van der Waals surface area (Å²) >= 11 is 0. The lowest BCUT2D eigenvalue weighted by atomic mass is 10.1. The van der Waals surface area contributed by atoms with Crippen LogP contribution >= 0.6 is 0 Å². The molecule has 5 aromatic rings. The lowest BCUT2D eigenvalue weighted by Crippen LogP contribution is -2.24. The number of anilines is 2. The van der Waals surface area contributed by atoms with Gasteiger partial charge in [0, 0.05) is 36.8 Å². The van der Waals surface area contributed by atoms with E-state index in [-0.39, 0.29) is 17.5 Å². The van der Waals surface area contributed by atoms with Crippen molar-refractivity contribution in [2.75, 3.05) is 31.0 Å². The molecule has 3 aromatic heterocycles. The van der Waals surface area contributed by atoms with Crippen LogP contribution in [0.2, 0.25) is 0 Å². The Bertz CT molecular complexity index is 1710. The van der Waals surface area contributed by atoms with Crippen LogP contribution in [-0.4, -0.2) is 51.5 Å². The number of hydrogen-bond donors (Lipinski definition) is 2. The Balaban J connectivity index is 1.30. The molecule has 1 saturated heterocycles. The van der Waals surface area contributed by atoms with E-state index in [1.54, 1.807) is 6.20 Å². The molecule has 2 N–H and O–H groups in total. The molecule has 1 aliphatic rings. The fourth-order valence-corrected chi connectivity index (χ4v) is 5.40. The minimum absolute atomic E-state index is 0.183. The van der Waals surface area contributed by atoms with Crippen LogP contribution in [0.25, 0.3) is 16.7 Å². The third-order valence-electron chi connectivity index (χ3n) is 7.67. The molecule has 1 amide bonds. The second-order valence-electron chi connectivity index (χ2n) is 10.6. The maximum Gasteiger partial charge on any atom is 0.356 e. The Labute approximate surface area is 249 Å². The van der Waals surface area contributed by atoms with Crippen molar-refractivity contribution in [3.8, 4) is 5.69 Å². The number of nitrogens with one attached hydrogen (secondary N) is 2. The van der Waals surface area contributed by atoms with Crippen molar-refractivity contribution in [2.45, 2.75) is 32.4 Å². The summed E-state index contributed by atoms with van der Waals surface area (Å²) in [5.41, 5.74) is 5.23. The van der Waals surface area contributed by atoms with E-state index in [0.29, 0.717) is 49.4 Å². The van der Waals surface area contributed by atoms with Crippen LogP contribution in [0.15, 0.2) is 85.3 Å². The van der Waals surface area contributed by atoms with Gasteiger partial charge in [-0.05, 0) is 43.0 Å². The van der Waals surface area contributed by atoms with Crippen LogP contribution in [0.3, 0.4) is 0 Å². The number of benzene rings is 2. The van der Waals surface area contributed by atoms with E-state index in [1.165, 1.54) is 12.7 Å². The summed E-state index contributed by atoms with van der Waals surface area (Å²) in [6, 6.07) is 22.0. The first-order chi connectivity index (χ1) is 21.1. The molecule has 1 unspecified atom stereocenters. The summed E-state index contributed by atoms with van der Waals surface area (Å²) in [6.45, 7) is 1.94. The van der Waals surface area contributed by atoms with Crippen LogP contribution in [0.5, 0.6) is 0 Å². The van der Waals surface area contributed by atoms with E-state index in [1.807, 2.05) is 76.2 Å². The molecule has 0 radical (unpaired) electrons. The van der Waals surface area contributed by atoms with Gasteiger partial charge in [-0.2, -0.15) is 5.10 Å². The summed E-state index contributed by atoms with van der Waals surface area (Å²) in [4.78, 5) is 31.2. The highest BCUT2D eigenvalue weighted by Crippen LogP contribution is 2.34. The smallest absolute Gasteiger partial charge is 0.356 e. The van der Waals surface area contributed by atoms with E-state index >= 15 is 0 Å². The molecule has 43 heavy (non-hydrogen) atoms. The maximum absolute atomic E-state index is 13.2. The van der Waals surface area contributed by atoms with Gasteiger partial charge in [0.25, 0.3) is 0 Å². The lowest BCUT2D eigenvalue weighted by Gasteiger charge is -2.12. The number of amides is 1. The predicted octanol–water partition coefficient (Wildman–Crippen LogP) is 5.23. The average Bonchev–Trinajstić information content (AvgIpc) is 3.81. The molecule has 1 aliphatic heterocycles. The Morgan fingerprint density at radius 3 is 2.58 bits per heavy atom. The summed E-state index contributed by atoms with van der Waals surface area (Å²) in [5.74, 6) is -0.992. The first kappa shape index (κ1) is 28.2. The van der Waals surface area contributed by atoms with Gasteiger partial charge in [0.1, 0.15) is 5.65 Å². The fourth-order valence-electron chi connectivity index (χ4n) is 5.40. The molecule has 0 spiro atoms. The van der Waals surface area contributed by atoms with Crippen molar-refractivity contribution in [1.29, 1.82) is 0 Å². The molecule has 0 bridgehead atoms. The van der Waals surface area contributed by atoms with Crippen LogP contribution in [0.4, 0.5) is 11.4 Å². The molecule has 10 heteroatoms. The van der Waals surface area contributed by atoms with Gasteiger partial charge in [-0.25, -0.2) is 14.5 Å².